The number of esters is 1. The number of nitrogens with zero attached hydrogens (tertiary/aromatic N) is 3. The summed E-state index contributed by atoms with van der Waals surface area (Å²) in [5.74, 6) is 0.105. The Morgan fingerprint density at radius 2 is 1.90 bits per heavy atom. The number of ether oxygens (including phenoxy) is 2. The molecule has 0 amide bonds. The van der Waals surface area contributed by atoms with Crippen molar-refractivity contribution in [2.75, 3.05) is 13.2 Å². The Balaban J connectivity index is 1.52. The summed E-state index contributed by atoms with van der Waals surface area (Å²) in [6.45, 7) is 3.95. The summed E-state index contributed by atoms with van der Waals surface area (Å²) in [5, 5.41) is 15.6. The summed E-state index contributed by atoms with van der Waals surface area (Å²) in [7, 11) is 0. The van der Waals surface area contributed by atoms with Gasteiger partial charge in [-0.3, -0.25) is 9.36 Å². The van der Waals surface area contributed by atoms with Gasteiger partial charge in [0.2, 0.25) is 0 Å². The van der Waals surface area contributed by atoms with Crippen LogP contribution in [-0.4, -0.2) is 44.6 Å². The number of aliphatic hydroxyl groups excluding tert-OH is 1. The Morgan fingerprint density at radius 3 is 2.65 bits per heavy atom. The first-order valence-electron chi connectivity index (χ1n) is 10.0. The van der Waals surface area contributed by atoms with Crippen LogP contribution in [0.3, 0.4) is 0 Å². The van der Waals surface area contributed by atoms with Crippen LogP contribution in [0.25, 0.3) is 16.6 Å². The van der Waals surface area contributed by atoms with E-state index in [2.05, 4.69) is 5.10 Å². The van der Waals surface area contributed by atoms with Crippen molar-refractivity contribution in [1.82, 2.24) is 14.2 Å². The number of para-hydroxylation sites is 1. The van der Waals surface area contributed by atoms with Crippen LogP contribution in [0.1, 0.15) is 23.0 Å². The molecule has 1 N–H and O–H groups in total. The molecule has 4 aromatic rings. The second-order valence-electron chi connectivity index (χ2n) is 7.20. The first-order valence-corrected chi connectivity index (χ1v) is 10.0. The third-order valence-electron chi connectivity index (χ3n) is 4.90. The Labute approximate surface area is 178 Å². The lowest BCUT2D eigenvalue weighted by Crippen LogP contribution is -2.31. The zero-order valence-corrected chi connectivity index (χ0v) is 17.3. The lowest BCUT2D eigenvalue weighted by molar-refractivity contribution is 0.0526. The molecule has 160 valence electrons. The van der Waals surface area contributed by atoms with E-state index < -0.39 is 12.1 Å². The van der Waals surface area contributed by atoms with Crippen LogP contribution < -0.4 is 10.3 Å². The Kier molecular flexibility index (Phi) is 5.73. The zero-order valence-electron chi connectivity index (χ0n) is 17.3. The molecule has 8 heteroatoms. The molecule has 0 saturated heterocycles. The molecule has 0 aliphatic carbocycles. The fourth-order valence-corrected chi connectivity index (χ4v) is 3.48. The van der Waals surface area contributed by atoms with E-state index in [4.69, 9.17) is 9.47 Å². The maximum Gasteiger partial charge on any atom is 0.338 e. The first-order chi connectivity index (χ1) is 15.0. The average Bonchev–Trinajstić information content (AvgIpc) is 3.17. The van der Waals surface area contributed by atoms with Crippen LogP contribution in [-0.2, 0) is 11.3 Å². The fraction of sp³-hybridized carbons (Fsp3) is 0.261. The number of carbonyl (C=O) groups is 1. The van der Waals surface area contributed by atoms with Gasteiger partial charge in [0, 0.05) is 6.07 Å². The van der Waals surface area contributed by atoms with E-state index in [0.717, 1.165) is 11.2 Å². The lowest BCUT2D eigenvalue weighted by Gasteiger charge is -2.16. The highest BCUT2D eigenvalue weighted by molar-refractivity contribution is 5.89. The molecule has 1 unspecified atom stereocenters. The molecule has 2 heterocycles. The summed E-state index contributed by atoms with van der Waals surface area (Å²) >= 11 is 0. The maximum atomic E-state index is 13.0. The molecule has 4 rings (SSSR count). The highest BCUT2D eigenvalue weighted by Crippen LogP contribution is 2.16. The monoisotopic (exact) mass is 421 g/mol. The molecule has 1 atom stereocenters. The van der Waals surface area contributed by atoms with Gasteiger partial charge in [0.1, 0.15) is 24.1 Å². The largest absolute Gasteiger partial charge is 0.491 e. The molecule has 0 bridgehead atoms. The van der Waals surface area contributed by atoms with E-state index in [1.54, 1.807) is 47.8 Å². The number of aromatic nitrogens is 3. The van der Waals surface area contributed by atoms with Crippen molar-refractivity contribution < 1.29 is 19.4 Å². The number of rotatable bonds is 7. The molecule has 2 aromatic carbocycles. The molecule has 0 saturated carbocycles. The van der Waals surface area contributed by atoms with E-state index in [1.807, 2.05) is 25.1 Å². The van der Waals surface area contributed by atoms with Gasteiger partial charge in [-0.2, -0.15) is 5.10 Å². The molecule has 31 heavy (non-hydrogen) atoms. The SMILES string of the molecule is CCOC(=O)c1ccc(OCC(O)Cn2c(=O)c3ccccc3n3nc(C)cc23)cc1. The number of fused-ring (bicyclic) bond motifs is 3. The van der Waals surface area contributed by atoms with Gasteiger partial charge in [-0.1, -0.05) is 12.1 Å². The summed E-state index contributed by atoms with van der Waals surface area (Å²) in [4.78, 5) is 24.8. The van der Waals surface area contributed by atoms with E-state index in [0.29, 0.717) is 29.0 Å². The average molecular weight is 421 g/mol. The minimum absolute atomic E-state index is 0.0166. The maximum absolute atomic E-state index is 13.0. The van der Waals surface area contributed by atoms with Crippen LogP contribution in [0.5, 0.6) is 5.75 Å². The molecule has 0 aliphatic rings. The van der Waals surface area contributed by atoms with Crippen LogP contribution in [0, 0.1) is 6.92 Å². The van der Waals surface area contributed by atoms with Crippen LogP contribution >= 0.6 is 0 Å². The third kappa shape index (κ3) is 4.15. The summed E-state index contributed by atoms with van der Waals surface area (Å²) in [6, 6.07) is 15.6. The van der Waals surface area contributed by atoms with Gasteiger partial charge in [0.05, 0.1) is 35.3 Å². The van der Waals surface area contributed by atoms with Gasteiger partial charge in [0.25, 0.3) is 5.56 Å². The van der Waals surface area contributed by atoms with Crippen molar-refractivity contribution in [2.24, 2.45) is 0 Å². The Bertz CT molecular complexity index is 1290. The molecule has 8 nitrogen and oxygen atoms in total. The van der Waals surface area contributed by atoms with Gasteiger partial charge in [0.15, 0.2) is 0 Å². The van der Waals surface area contributed by atoms with Crippen LogP contribution in [0.4, 0.5) is 0 Å². The van der Waals surface area contributed by atoms with Crippen molar-refractivity contribution in [3.05, 3.63) is 76.2 Å². The minimum atomic E-state index is -0.928. The topological polar surface area (TPSA) is 95.1 Å². The van der Waals surface area contributed by atoms with Crippen molar-refractivity contribution in [3.63, 3.8) is 0 Å². The number of carbonyl (C=O) groups excluding carboxylic acids is 1. The molecule has 0 radical (unpaired) electrons. The number of aliphatic hydroxyl groups is 1. The van der Waals surface area contributed by atoms with Crippen molar-refractivity contribution >= 4 is 22.5 Å². The molecular formula is C23H23N3O5. The first kappa shape index (κ1) is 20.6. The van der Waals surface area contributed by atoms with Gasteiger partial charge >= 0.3 is 5.97 Å². The van der Waals surface area contributed by atoms with Crippen molar-refractivity contribution in [1.29, 1.82) is 0 Å². The van der Waals surface area contributed by atoms with E-state index in [1.165, 1.54) is 4.57 Å². The quantitative estimate of drug-likeness (QED) is 0.461. The van der Waals surface area contributed by atoms with Crippen molar-refractivity contribution in [3.8, 4) is 5.75 Å². The Morgan fingerprint density at radius 1 is 1.16 bits per heavy atom. The lowest BCUT2D eigenvalue weighted by atomic mass is 10.2. The molecule has 0 fully saturated rings. The third-order valence-corrected chi connectivity index (χ3v) is 4.90. The smallest absolute Gasteiger partial charge is 0.338 e. The molecule has 0 aliphatic heterocycles. The van der Waals surface area contributed by atoms with Gasteiger partial charge in [-0.25, -0.2) is 9.31 Å². The van der Waals surface area contributed by atoms with Gasteiger partial charge in [-0.05, 0) is 50.2 Å². The highest BCUT2D eigenvalue weighted by Gasteiger charge is 2.16. The number of hydrogen-bond acceptors (Lipinski definition) is 6. The number of benzene rings is 2. The summed E-state index contributed by atoms with van der Waals surface area (Å²) in [6.07, 6.45) is -0.928. The van der Waals surface area contributed by atoms with Crippen LogP contribution in [0.15, 0.2) is 59.4 Å². The van der Waals surface area contributed by atoms with Gasteiger partial charge in [-0.15, -0.1) is 0 Å². The predicted molar refractivity (Wildman–Crippen MR) is 116 cm³/mol. The molecular weight excluding hydrogens is 398 g/mol. The normalized spacial score (nSPS) is 12.2. The Hall–Kier alpha value is -3.65. The molecule has 2 aromatic heterocycles. The molecule has 0 spiro atoms. The minimum Gasteiger partial charge on any atom is -0.491 e. The standard InChI is InChI=1S/C23H23N3O5/c1-3-30-23(29)16-8-10-18(11-9-16)31-14-17(27)13-25-21-12-15(2)24-26(21)20-7-5-4-6-19(20)22(25)28/h4-12,17,27H,3,13-14H2,1-2H3. The second kappa shape index (κ2) is 8.61. The predicted octanol–water partition coefficient (Wildman–Crippen LogP) is 2.57. The van der Waals surface area contributed by atoms with Crippen LogP contribution in [0.2, 0.25) is 0 Å². The van der Waals surface area contributed by atoms with E-state index in [9.17, 15) is 14.7 Å². The van der Waals surface area contributed by atoms with Crippen molar-refractivity contribution in [2.45, 2.75) is 26.5 Å². The van der Waals surface area contributed by atoms with E-state index in [-0.39, 0.29) is 18.7 Å². The van der Waals surface area contributed by atoms with E-state index >= 15 is 0 Å². The fourth-order valence-electron chi connectivity index (χ4n) is 3.48. The number of hydrogen-bond donors (Lipinski definition) is 1. The summed E-state index contributed by atoms with van der Waals surface area (Å²) < 4.78 is 13.8. The van der Waals surface area contributed by atoms with Gasteiger partial charge < -0.3 is 14.6 Å². The second-order valence-corrected chi connectivity index (χ2v) is 7.20. The zero-order chi connectivity index (χ0) is 22.0. The number of aryl methyl sites for hydroxylation is 1. The highest BCUT2D eigenvalue weighted by atomic mass is 16.5. The summed E-state index contributed by atoms with van der Waals surface area (Å²) in [5.41, 5.74) is 2.34.